The first kappa shape index (κ1) is 19.6. The molecule has 3 heterocycles. The van der Waals surface area contributed by atoms with Crippen molar-refractivity contribution in [2.45, 2.75) is 17.2 Å². The normalized spacial score (nSPS) is 17.9. The second-order valence-electron chi connectivity index (χ2n) is 7.19. The Morgan fingerprint density at radius 2 is 1.90 bits per heavy atom. The van der Waals surface area contributed by atoms with Crippen molar-refractivity contribution in [3.63, 3.8) is 0 Å². The summed E-state index contributed by atoms with van der Waals surface area (Å²) >= 11 is 1.39. The van der Waals surface area contributed by atoms with Gasteiger partial charge in [0.1, 0.15) is 5.82 Å². The van der Waals surface area contributed by atoms with E-state index in [9.17, 15) is 13.2 Å². The van der Waals surface area contributed by atoms with Crippen molar-refractivity contribution < 1.29 is 13.2 Å². The van der Waals surface area contributed by atoms with Gasteiger partial charge in [-0.15, -0.1) is 0 Å². The number of anilines is 2. The summed E-state index contributed by atoms with van der Waals surface area (Å²) in [5.41, 5.74) is 1.74. The minimum atomic E-state index is -3.72. The molecule has 0 saturated heterocycles. The lowest BCUT2D eigenvalue weighted by Gasteiger charge is -2.08. The van der Waals surface area contributed by atoms with Gasteiger partial charge in [0.25, 0.3) is 10.0 Å². The van der Waals surface area contributed by atoms with Crippen LogP contribution < -0.4 is 10.0 Å². The van der Waals surface area contributed by atoms with Crippen LogP contribution in [0.5, 0.6) is 0 Å². The highest BCUT2D eigenvalue weighted by atomic mass is 32.2. The highest BCUT2D eigenvalue weighted by molar-refractivity contribution is 7.92. The fourth-order valence-electron chi connectivity index (χ4n) is 3.40. The average Bonchev–Trinajstić information content (AvgIpc) is 3.47. The summed E-state index contributed by atoms with van der Waals surface area (Å²) in [6.07, 6.45) is 5.63. The van der Waals surface area contributed by atoms with Gasteiger partial charge in [0.2, 0.25) is 5.91 Å². The van der Waals surface area contributed by atoms with Crippen LogP contribution in [0.15, 0.2) is 72.0 Å². The largest absolute Gasteiger partial charge is 0.302 e. The third-order valence-corrected chi connectivity index (χ3v) is 7.36. The van der Waals surface area contributed by atoms with Gasteiger partial charge in [0, 0.05) is 24.5 Å². The van der Waals surface area contributed by atoms with E-state index in [-0.39, 0.29) is 28.5 Å². The van der Waals surface area contributed by atoms with Crippen molar-refractivity contribution in [2.24, 2.45) is 5.92 Å². The number of rotatable bonds is 6. The molecule has 3 aromatic heterocycles. The van der Waals surface area contributed by atoms with Crippen LogP contribution in [0.3, 0.4) is 0 Å². The number of benzene rings is 1. The molecular formula is C21H17N5O3S2. The molecule has 0 radical (unpaired) electrons. The molecule has 10 heteroatoms. The molecule has 1 aliphatic carbocycles. The van der Waals surface area contributed by atoms with E-state index in [0.717, 1.165) is 22.2 Å². The smallest absolute Gasteiger partial charge is 0.263 e. The summed E-state index contributed by atoms with van der Waals surface area (Å²) in [5, 5.41) is 3.44. The van der Waals surface area contributed by atoms with E-state index in [4.69, 9.17) is 0 Å². The summed E-state index contributed by atoms with van der Waals surface area (Å²) in [4.78, 5) is 25.2. The molecule has 8 nitrogen and oxygen atoms in total. The number of amides is 1. The first-order chi connectivity index (χ1) is 15.0. The number of nitrogens with one attached hydrogen (secondary N) is 2. The molecule has 4 aromatic rings. The van der Waals surface area contributed by atoms with E-state index < -0.39 is 10.0 Å². The van der Waals surface area contributed by atoms with Gasteiger partial charge < -0.3 is 5.32 Å². The monoisotopic (exact) mass is 451 g/mol. The minimum Gasteiger partial charge on any atom is -0.302 e. The number of aromatic nitrogens is 3. The summed E-state index contributed by atoms with van der Waals surface area (Å²) in [5.74, 6) is 0.0949. The number of hydrogen-bond donors (Lipinski definition) is 2. The molecule has 1 fully saturated rings. The van der Waals surface area contributed by atoms with Crippen LogP contribution in [0.4, 0.5) is 10.9 Å². The molecule has 1 saturated carbocycles. The maximum absolute atomic E-state index is 12.6. The zero-order valence-corrected chi connectivity index (χ0v) is 17.7. The van der Waals surface area contributed by atoms with Crippen LogP contribution in [0, 0.1) is 5.92 Å². The van der Waals surface area contributed by atoms with Crippen LogP contribution >= 0.6 is 11.3 Å². The van der Waals surface area contributed by atoms with Gasteiger partial charge in [-0.3, -0.25) is 14.5 Å². The fraction of sp³-hybridized carbons (Fsp3) is 0.143. The van der Waals surface area contributed by atoms with Crippen molar-refractivity contribution in [3.8, 4) is 0 Å². The lowest BCUT2D eigenvalue weighted by molar-refractivity contribution is -0.117. The van der Waals surface area contributed by atoms with Crippen molar-refractivity contribution in [1.29, 1.82) is 0 Å². The molecule has 2 atom stereocenters. The van der Waals surface area contributed by atoms with E-state index in [1.807, 2.05) is 0 Å². The van der Waals surface area contributed by atoms with Gasteiger partial charge in [-0.05, 0) is 48.2 Å². The number of carbonyl (C=O) groups is 1. The van der Waals surface area contributed by atoms with Crippen LogP contribution in [-0.4, -0.2) is 29.3 Å². The molecule has 0 bridgehead atoms. The van der Waals surface area contributed by atoms with E-state index in [0.29, 0.717) is 5.13 Å². The van der Waals surface area contributed by atoms with Crippen LogP contribution in [0.2, 0.25) is 0 Å². The molecule has 31 heavy (non-hydrogen) atoms. The third kappa shape index (κ3) is 4.12. The Balaban J connectivity index is 1.24. The predicted octanol–water partition coefficient (Wildman–Crippen LogP) is 3.63. The maximum atomic E-state index is 12.6. The molecule has 2 N–H and O–H groups in total. The van der Waals surface area contributed by atoms with Gasteiger partial charge in [-0.2, -0.15) is 0 Å². The lowest BCUT2D eigenvalue weighted by Crippen LogP contribution is -2.14. The first-order valence-electron chi connectivity index (χ1n) is 9.55. The Hall–Kier alpha value is -3.37. The van der Waals surface area contributed by atoms with E-state index in [1.165, 1.54) is 17.5 Å². The molecule has 5 rings (SSSR count). The highest BCUT2D eigenvalue weighted by Gasteiger charge is 2.44. The summed E-state index contributed by atoms with van der Waals surface area (Å²) < 4.78 is 28.4. The minimum absolute atomic E-state index is 0.0662. The first-order valence-corrected chi connectivity index (χ1v) is 11.8. The number of nitrogens with zero attached hydrogens (tertiary/aromatic N) is 3. The SMILES string of the molecule is O=C(Nc1nc2ccncc2s1)C1CC1c1ccc(S(=O)(=O)Nc2ccccn2)cc1. The maximum Gasteiger partial charge on any atom is 0.263 e. The second kappa shape index (κ2) is 7.71. The lowest BCUT2D eigenvalue weighted by atomic mass is 10.1. The molecular weight excluding hydrogens is 434 g/mol. The second-order valence-corrected chi connectivity index (χ2v) is 9.90. The van der Waals surface area contributed by atoms with E-state index in [2.05, 4.69) is 25.0 Å². The van der Waals surface area contributed by atoms with Crippen molar-refractivity contribution in [3.05, 3.63) is 72.7 Å². The topological polar surface area (TPSA) is 114 Å². The van der Waals surface area contributed by atoms with Gasteiger partial charge in [-0.1, -0.05) is 29.5 Å². The Labute approximate surface area is 182 Å². The van der Waals surface area contributed by atoms with Gasteiger partial charge in [0.15, 0.2) is 5.13 Å². The van der Waals surface area contributed by atoms with Crippen molar-refractivity contribution in [2.75, 3.05) is 10.0 Å². The summed E-state index contributed by atoms with van der Waals surface area (Å²) in [6.45, 7) is 0. The molecule has 0 aliphatic heterocycles. The van der Waals surface area contributed by atoms with Crippen molar-refractivity contribution >= 4 is 48.4 Å². The van der Waals surface area contributed by atoms with Crippen LogP contribution in [-0.2, 0) is 14.8 Å². The van der Waals surface area contributed by atoms with Crippen molar-refractivity contribution in [1.82, 2.24) is 15.0 Å². The quantitative estimate of drug-likeness (QED) is 0.463. The van der Waals surface area contributed by atoms with Gasteiger partial charge in [0.05, 0.1) is 15.1 Å². The standard InChI is InChI=1S/C21H17N5O3S2/c27-20(25-21-24-17-8-10-22-12-18(17)30-21)16-11-15(16)13-4-6-14(7-5-13)31(28,29)26-19-3-1-2-9-23-19/h1-10,12,15-16H,11H2,(H,23,26)(H,24,25,27). The average molecular weight is 452 g/mol. The van der Waals surface area contributed by atoms with Crippen LogP contribution in [0.1, 0.15) is 17.9 Å². The van der Waals surface area contributed by atoms with E-state index >= 15 is 0 Å². The van der Waals surface area contributed by atoms with Crippen LogP contribution in [0.25, 0.3) is 10.2 Å². The summed E-state index contributed by atoms with van der Waals surface area (Å²) in [6, 6.07) is 13.4. The molecule has 0 spiro atoms. The third-order valence-electron chi connectivity index (χ3n) is 5.07. The van der Waals surface area contributed by atoms with E-state index in [1.54, 1.807) is 60.9 Å². The predicted molar refractivity (Wildman–Crippen MR) is 118 cm³/mol. The molecule has 2 unspecified atom stereocenters. The number of carbonyl (C=O) groups excluding carboxylic acids is 1. The number of thiazole rings is 1. The highest BCUT2D eigenvalue weighted by Crippen LogP contribution is 2.48. The molecule has 156 valence electrons. The molecule has 1 aromatic carbocycles. The Kier molecular flexibility index (Phi) is 4.87. The molecule has 1 amide bonds. The number of pyridine rings is 2. The van der Waals surface area contributed by atoms with Gasteiger partial charge in [-0.25, -0.2) is 18.4 Å². The Morgan fingerprint density at radius 3 is 2.65 bits per heavy atom. The summed E-state index contributed by atoms with van der Waals surface area (Å²) in [7, 11) is -3.72. The number of sulfonamides is 1. The zero-order valence-electron chi connectivity index (χ0n) is 16.1. The number of fused-ring (bicyclic) bond motifs is 1. The Morgan fingerprint density at radius 1 is 1.06 bits per heavy atom. The molecule has 1 aliphatic rings. The zero-order chi connectivity index (χ0) is 21.4. The van der Waals surface area contributed by atoms with Gasteiger partial charge >= 0.3 is 0 Å². The number of hydrogen-bond acceptors (Lipinski definition) is 7. The Bertz CT molecular complexity index is 1320. The fourth-order valence-corrected chi connectivity index (χ4v) is 5.24.